The SMILES string of the molecule is CC(=O)N1[C@H](C)CN(c2cccc(-c3c[nH]c4ncc(OCCOC(C)C)cc34)n2)C[C@@H]1C. The van der Waals surface area contributed by atoms with Crippen LogP contribution in [0.25, 0.3) is 22.3 Å². The van der Waals surface area contributed by atoms with Crippen molar-refractivity contribution in [1.82, 2.24) is 19.9 Å². The lowest BCUT2D eigenvalue weighted by Gasteiger charge is -2.44. The largest absolute Gasteiger partial charge is 0.490 e. The minimum Gasteiger partial charge on any atom is -0.490 e. The van der Waals surface area contributed by atoms with Gasteiger partial charge < -0.3 is 24.3 Å². The highest BCUT2D eigenvalue weighted by molar-refractivity contribution is 5.93. The standard InChI is InChI=1S/C25H33N5O3/c1-16(2)32-9-10-33-20-11-21-22(13-27-25(21)26-12-20)23-7-6-8-24(28-23)29-14-17(3)30(19(5)31)18(4)15-29/h6-8,11-13,16-18H,9-10,14-15H2,1-5H3,(H,26,27)/t17-,18+. The molecule has 3 aromatic rings. The second-order valence-electron chi connectivity index (χ2n) is 8.95. The molecule has 0 radical (unpaired) electrons. The van der Waals surface area contributed by atoms with Crippen LogP contribution in [0.3, 0.4) is 0 Å². The van der Waals surface area contributed by atoms with E-state index < -0.39 is 0 Å². The number of fused-ring (bicyclic) bond motifs is 1. The highest BCUT2D eigenvalue weighted by Gasteiger charge is 2.31. The normalized spacial score (nSPS) is 18.8. The maximum absolute atomic E-state index is 12.0. The van der Waals surface area contributed by atoms with Crippen LogP contribution in [0, 0.1) is 0 Å². The first-order valence-electron chi connectivity index (χ1n) is 11.6. The molecular weight excluding hydrogens is 418 g/mol. The fourth-order valence-electron chi connectivity index (χ4n) is 4.60. The molecule has 1 saturated heterocycles. The molecule has 4 rings (SSSR count). The monoisotopic (exact) mass is 451 g/mol. The molecule has 0 unspecified atom stereocenters. The summed E-state index contributed by atoms with van der Waals surface area (Å²) >= 11 is 0. The van der Waals surface area contributed by atoms with Crippen molar-refractivity contribution in [3.05, 3.63) is 36.7 Å². The summed E-state index contributed by atoms with van der Waals surface area (Å²) in [5.74, 6) is 1.74. The molecule has 1 N–H and O–H groups in total. The number of hydrogen-bond donors (Lipinski definition) is 1. The number of carbonyl (C=O) groups is 1. The van der Waals surface area contributed by atoms with Gasteiger partial charge >= 0.3 is 0 Å². The van der Waals surface area contributed by atoms with Crippen LogP contribution in [0.1, 0.15) is 34.6 Å². The number of aromatic nitrogens is 3. The summed E-state index contributed by atoms with van der Waals surface area (Å²) in [5, 5.41) is 0.963. The van der Waals surface area contributed by atoms with Gasteiger partial charge in [0.15, 0.2) is 0 Å². The lowest BCUT2D eigenvalue weighted by atomic mass is 10.1. The third kappa shape index (κ3) is 5.11. The third-order valence-corrected chi connectivity index (χ3v) is 5.93. The summed E-state index contributed by atoms with van der Waals surface area (Å²) in [6.45, 7) is 12.4. The average Bonchev–Trinajstić information content (AvgIpc) is 3.19. The lowest BCUT2D eigenvalue weighted by molar-refractivity contribution is -0.133. The summed E-state index contributed by atoms with van der Waals surface area (Å²) in [6.07, 6.45) is 3.84. The van der Waals surface area contributed by atoms with Crippen LogP contribution in [0.15, 0.2) is 36.7 Å². The van der Waals surface area contributed by atoms with Gasteiger partial charge in [0.05, 0.1) is 24.6 Å². The number of rotatable bonds is 7. The summed E-state index contributed by atoms with van der Waals surface area (Å²) in [6, 6.07) is 8.33. The predicted molar refractivity (Wildman–Crippen MR) is 130 cm³/mol. The zero-order valence-electron chi connectivity index (χ0n) is 20.0. The predicted octanol–water partition coefficient (Wildman–Crippen LogP) is 3.87. The van der Waals surface area contributed by atoms with E-state index in [1.54, 1.807) is 13.1 Å². The quantitative estimate of drug-likeness (QED) is 0.549. The molecular formula is C25H33N5O3. The van der Waals surface area contributed by atoms with Crippen molar-refractivity contribution in [2.24, 2.45) is 0 Å². The highest BCUT2D eigenvalue weighted by Crippen LogP contribution is 2.31. The zero-order chi connectivity index (χ0) is 23.5. The van der Waals surface area contributed by atoms with Gasteiger partial charge in [-0.05, 0) is 45.9 Å². The molecule has 0 aliphatic carbocycles. The lowest BCUT2D eigenvalue weighted by Crippen LogP contribution is -2.58. The minimum absolute atomic E-state index is 0.122. The number of H-pyrrole nitrogens is 1. The summed E-state index contributed by atoms with van der Waals surface area (Å²) in [7, 11) is 0. The van der Waals surface area contributed by atoms with Gasteiger partial charge in [0.25, 0.3) is 0 Å². The fraction of sp³-hybridized carbons (Fsp3) is 0.480. The number of ether oxygens (including phenoxy) is 2. The first-order chi connectivity index (χ1) is 15.8. The number of hydrogen-bond acceptors (Lipinski definition) is 6. The number of nitrogens with zero attached hydrogens (tertiary/aromatic N) is 4. The third-order valence-electron chi connectivity index (χ3n) is 5.93. The van der Waals surface area contributed by atoms with Crippen molar-refractivity contribution in [2.45, 2.75) is 52.8 Å². The Labute approximate surface area is 194 Å². The molecule has 1 aliphatic heterocycles. The van der Waals surface area contributed by atoms with Crippen LogP contribution in [0.5, 0.6) is 5.75 Å². The smallest absolute Gasteiger partial charge is 0.220 e. The number of piperazine rings is 1. The Morgan fingerprint density at radius 1 is 1.21 bits per heavy atom. The van der Waals surface area contributed by atoms with Crippen LogP contribution in [0.2, 0.25) is 0 Å². The number of pyridine rings is 2. The van der Waals surface area contributed by atoms with Crippen LogP contribution < -0.4 is 9.64 Å². The molecule has 1 amide bonds. The van der Waals surface area contributed by atoms with Gasteiger partial charge in [-0.2, -0.15) is 0 Å². The fourth-order valence-corrected chi connectivity index (χ4v) is 4.60. The molecule has 8 nitrogen and oxygen atoms in total. The molecule has 4 heterocycles. The number of aromatic amines is 1. The van der Waals surface area contributed by atoms with E-state index in [1.165, 1.54) is 0 Å². The second kappa shape index (κ2) is 9.79. The molecule has 8 heteroatoms. The molecule has 1 aliphatic rings. The summed E-state index contributed by atoms with van der Waals surface area (Å²) in [4.78, 5) is 28.9. The maximum atomic E-state index is 12.0. The van der Waals surface area contributed by atoms with E-state index in [1.807, 2.05) is 49.2 Å². The number of amides is 1. The van der Waals surface area contributed by atoms with E-state index in [4.69, 9.17) is 14.5 Å². The van der Waals surface area contributed by atoms with E-state index in [-0.39, 0.29) is 24.1 Å². The molecule has 0 saturated carbocycles. The molecule has 176 valence electrons. The zero-order valence-corrected chi connectivity index (χ0v) is 20.0. The van der Waals surface area contributed by atoms with Gasteiger partial charge in [0.1, 0.15) is 23.8 Å². The molecule has 0 bridgehead atoms. The Balaban J connectivity index is 1.55. The van der Waals surface area contributed by atoms with E-state index in [2.05, 4.69) is 28.7 Å². The molecule has 3 aromatic heterocycles. The van der Waals surface area contributed by atoms with Crippen molar-refractivity contribution in [1.29, 1.82) is 0 Å². The van der Waals surface area contributed by atoms with Crippen molar-refractivity contribution in [3.8, 4) is 17.0 Å². The van der Waals surface area contributed by atoms with Gasteiger partial charge in [-0.3, -0.25) is 4.79 Å². The van der Waals surface area contributed by atoms with Crippen LogP contribution in [0.4, 0.5) is 5.82 Å². The Kier molecular flexibility index (Phi) is 6.83. The Hall–Kier alpha value is -3.13. The van der Waals surface area contributed by atoms with Gasteiger partial charge in [-0.15, -0.1) is 0 Å². The van der Waals surface area contributed by atoms with Gasteiger partial charge in [-0.25, -0.2) is 9.97 Å². The molecule has 1 fully saturated rings. The number of carbonyl (C=O) groups excluding carboxylic acids is 1. The Morgan fingerprint density at radius 3 is 2.67 bits per heavy atom. The Morgan fingerprint density at radius 2 is 1.97 bits per heavy atom. The van der Waals surface area contributed by atoms with Crippen molar-refractivity contribution < 1.29 is 14.3 Å². The van der Waals surface area contributed by atoms with Crippen LogP contribution in [-0.4, -0.2) is 70.2 Å². The molecule has 33 heavy (non-hydrogen) atoms. The maximum Gasteiger partial charge on any atom is 0.220 e. The first kappa shape index (κ1) is 23.0. The van der Waals surface area contributed by atoms with Crippen molar-refractivity contribution in [2.75, 3.05) is 31.2 Å². The minimum atomic E-state index is 0.122. The van der Waals surface area contributed by atoms with Crippen molar-refractivity contribution >= 4 is 22.8 Å². The molecule has 0 spiro atoms. The van der Waals surface area contributed by atoms with Crippen LogP contribution >= 0.6 is 0 Å². The highest BCUT2D eigenvalue weighted by atomic mass is 16.5. The van der Waals surface area contributed by atoms with Gasteiger partial charge in [0, 0.05) is 49.2 Å². The van der Waals surface area contributed by atoms with Crippen molar-refractivity contribution in [3.63, 3.8) is 0 Å². The van der Waals surface area contributed by atoms with E-state index in [9.17, 15) is 4.79 Å². The second-order valence-corrected chi connectivity index (χ2v) is 8.95. The molecule has 2 atom stereocenters. The van der Waals surface area contributed by atoms with Crippen LogP contribution in [-0.2, 0) is 9.53 Å². The van der Waals surface area contributed by atoms with E-state index >= 15 is 0 Å². The summed E-state index contributed by atoms with van der Waals surface area (Å²) < 4.78 is 11.4. The van der Waals surface area contributed by atoms with Gasteiger partial charge in [-0.1, -0.05) is 6.07 Å². The Bertz CT molecular complexity index is 1100. The summed E-state index contributed by atoms with van der Waals surface area (Å²) in [5.41, 5.74) is 2.64. The number of nitrogens with one attached hydrogen (secondary N) is 1. The van der Waals surface area contributed by atoms with E-state index in [0.29, 0.717) is 19.0 Å². The molecule has 0 aromatic carbocycles. The van der Waals surface area contributed by atoms with Gasteiger partial charge in [0.2, 0.25) is 5.91 Å². The first-order valence-corrected chi connectivity index (χ1v) is 11.6. The number of anilines is 1. The average molecular weight is 452 g/mol. The topological polar surface area (TPSA) is 83.6 Å². The van der Waals surface area contributed by atoms with E-state index in [0.717, 1.165) is 41.2 Å².